The molecule has 0 bridgehead atoms. The Morgan fingerprint density at radius 2 is 1.71 bits per heavy atom. The highest BCUT2D eigenvalue weighted by atomic mass is 16.4. The van der Waals surface area contributed by atoms with Gasteiger partial charge >= 0.3 is 5.97 Å². The van der Waals surface area contributed by atoms with Crippen LogP contribution < -0.4 is 5.73 Å². The number of rotatable bonds is 2. The number of aromatic hydroxyl groups is 1. The summed E-state index contributed by atoms with van der Waals surface area (Å²) in [5, 5.41) is 20.6. The first-order valence-corrected chi connectivity index (χ1v) is 6.41. The maximum Gasteiger partial charge on any atom is 0.339 e. The Bertz CT molecular complexity index is 856. The minimum absolute atomic E-state index is 0.126. The largest absolute Gasteiger partial charge is 0.507 e. The van der Waals surface area contributed by atoms with Crippen molar-refractivity contribution in [3.05, 3.63) is 60.2 Å². The minimum atomic E-state index is -1.16. The molecule has 0 saturated carbocycles. The summed E-state index contributed by atoms with van der Waals surface area (Å²) in [7, 11) is 0. The van der Waals surface area contributed by atoms with Gasteiger partial charge in [-0.15, -0.1) is 0 Å². The number of nitrogens with two attached hydrogens (primary N) is 1. The van der Waals surface area contributed by atoms with Gasteiger partial charge in [0, 0.05) is 11.1 Å². The lowest BCUT2D eigenvalue weighted by atomic mass is 9.98. The second kappa shape index (κ2) is 4.83. The van der Waals surface area contributed by atoms with Crippen LogP contribution in [0.1, 0.15) is 10.4 Å². The molecule has 3 aromatic rings. The summed E-state index contributed by atoms with van der Waals surface area (Å²) >= 11 is 0. The maximum atomic E-state index is 11.1. The van der Waals surface area contributed by atoms with Gasteiger partial charge in [-0.1, -0.05) is 30.3 Å². The molecule has 0 aliphatic rings. The van der Waals surface area contributed by atoms with Gasteiger partial charge in [0.2, 0.25) is 0 Å². The summed E-state index contributed by atoms with van der Waals surface area (Å²) in [6.45, 7) is 0. The van der Waals surface area contributed by atoms with Gasteiger partial charge < -0.3 is 15.9 Å². The second-order valence-corrected chi connectivity index (χ2v) is 4.82. The first kappa shape index (κ1) is 13.0. The van der Waals surface area contributed by atoms with Gasteiger partial charge in [-0.05, 0) is 40.8 Å². The molecule has 0 saturated heterocycles. The third kappa shape index (κ3) is 2.27. The van der Waals surface area contributed by atoms with Crippen LogP contribution in [0.2, 0.25) is 0 Å². The van der Waals surface area contributed by atoms with E-state index in [-0.39, 0.29) is 11.3 Å². The molecule has 104 valence electrons. The van der Waals surface area contributed by atoms with Crippen LogP contribution in [0.15, 0.2) is 54.6 Å². The number of carboxylic acids is 1. The number of anilines is 1. The monoisotopic (exact) mass is 279 g/mol. The van der Waals surface area contributed by atoms with Crippen molar-refractivity contribution in [1.29, 1.82) is 0 Å². The predicted molar refractivity (Wildman–Crippen MR) is 82.4 cm³/mol. The van der Waals surface area contributed by atoms with Gasteiger partial charge in [-0.3, -0.25) is 0 Å². The molecule has 0 unspecified atom stereocenters. The van der Waals surface area contributed by atoms with Gasteiger partial charge in [0.25, 0.3) is 0 Å². The van der Waals surface area contributed by atoms with Crippen molar-refractivity contribution in [3.63, 3.8) is 0 Å². The number of phenols is 1. The van der Waals surface area contributed by atoms with Crippen molar-refractivity contribution in [2.45, 2.75) is 0 Å². The van der Waals surface area contributed by atoms with Crippen molar-refractivity contribution in [1.82, 2.24) is 0 Å². The summed E-state index contributed by atoms with van der Waals surface area (Å²) in [5.41, 5.74) is 8.07. The molecule has 21 heavy (non-hydrogen) atoms. The van der Waals surface area contributed by atoms with E-state index in [0.717, 1.165) is 16.3 Å². The molecule has 0 amide bonds. The molecule has 0 radical (unpaired) electrons. The van der Waals surface area contributed by atoms with Gasteiger partial charge in [0.15, 0.2) is 0 Å². The maximum absolute atomic E-state index is 11.1. The Kier molecular flexibility index (Phi) is 2.99. The van der Waals surface area contributed by atoms with Crippen LogP contribution in [0, 0.1) is 0 Å². The number of benzene rings is 3. The van der Waals surface area contributed by atoms with E-state index in [9.17, 15) is 9.90 Å². The Balaban J connectivity index is 2.21. The van der Waals surface area contributed by atoms with E-state index in [0.29, 0.717) is 11.3 Å². The SMILES string of the molecule is Nc1cc(-c2ccc(O)c(C(=O)O)c2)cc2ccccc12. The zero-order valence-corrected chi connectivity index (χ0v) is 11.1. The number of carbonyl (C=O) groups is 1. The lowest BCUT2D eigenvalue weighted by molar-refractivity contribution is 0.0694. The number of nitrogen functional groups attached to an aromatic ring is 1. The predicted octanol–water partition coefficient (Wildman–Crippen LogP) is 3.49. The highest BCUT2D eigenvalue weighted by molar-refractivity contribution is 5.98. The average Bonchev–Trinajstić information content (AvgIpc) is 2.47. The summed E-state index contributed by atoms with van der Waals surface area (Å²) in [4.78, 5) is 11.1. The first-order chi connectivity index (χ1) is 10.1. The quantitative estimate of drug-likeness (QED) is 0.627. The minimum Gasteiger partial charge on any atom is -0.507 e. The van der Waals surface area contributed by atoms with E-state index in [1.165, 1.54) is 12.1 Å². The Labute approximate surface area is 121 Å². The second-order valence-electron chi connectivity index (χ2n) is 4.82. The molecule has 0 aliphatic carbocycles. The lowest BCUT2D eigenvalue weighted by Crippen LogP contribution is -1.97. The number of aromatic carboxylic acids is 1. The van der Waals surface area contributed by atoms with Gasteiger partial charge in [-0.25, -0.2) is 4.79 Å². The van der Waals surface area contributed by atoms with Crippen LogP contribution in [0.4, 0.5) is 5.69 Å². The fourth-order valence-electron chi connectivity index (χ4n) is 2.39. The summed E-state index contributed by atoms with van der Waals surface area (Å²) in [5.74, 6) is -1.41. The molecule has 0 heterocycles. The average molecular weight is 279 g/mol. The normalized spacial score (nSPS) is 10.7. The molecular formula is C17H13NO3. The van der Waals surface area contributed by atoms with E-state index >= 15 is 0 Å². The number of carboxylic acid groups (broad SMARTS) is 1. The molecule has 4 heteroatoms. The molecule has 0 atom stereocenters. The topological polar surface area (TPSA) is 83.5 Å². The Hall–Kier alpha value is -3.01. The molecule has 0 aliphatic heterocycles. The van der Waals surface area contributed by atoms with Crippen LogP contribution >= 0.6 is 0 Å². The Morgan fingerprint density at radius 3 is 2.48 bits per heavy atom. The summed E-state index contributed by atoms with van der Waals surface area (Å²) in [6, 6.07) is 16.0. The van der Waals surface area contributed by atoms with E-state index in [1.54, 1.807) is 12.1 Å². The highest BCUT2D eigenvalue weighted by Gasteiger charge is 2.12. The smallest absolute Gasteiger partial charge is 0.339 e. The molecule has 4 N–H and O–H groups in total. The summed E-state index contributed by atoms with van der Waals surface area (Å²) in [6.07, 6.45) is 0. The van der Waals surface area contributed by atoms with Crippen LogP contribution in [-0.2, 0) is 0 Å². The molecule has 3 rings (SSSR count). The van der Waals surface area contributed by atoms with E-state index < -0.39 is 5.97 Å². The van der Waals surface area contributed by atoms with Crippen LogP contribution in [0.5, 0.6) is 5.75 Å². The van der Waals surface area contributed by atoms with Crippen LogP contribution in [-0.4, -0.2) is 16.2 Å². The van der Waals surface area contributed by atoms with E-state index in [1.807, 2.05) is 30.3 Å². The number of hydrogen-bond acceptors (Lipinski definition) is 3. The highest BCUT2D eigenvalue weighted by Crippen LogP contribution is 2.31. The zero-order chi connectivity index (χ0) is 15.0. The van der Waals surface area contributed by atoms with E-state index in [4.69, 9.17) is 10.8 Å². The third-order valence-corrected chi connectivity index (χ3v) is 3.45. The van der Waals surface area contributed by atoms with Gasteiger partial charge in [0.1, 0.15) is 11.3 Å². The summed E-state index contributed by atoms with van der Waals surface area (Å²) < 4.78 is 0. The molecule has 0 spiro atoms. The standard InChI is InChI=1S/C17H13NO3/c18-15-9-12(7-11-3-1-2-4-13(11)15)10-5-6-16(19)14(8-10)17(20)21/h1-9,19H,18H2,(H,20,21). The van der Waals surface area contributed by atoms with Crippen LogP contribution in [0.25, 0.3) is 21.9 Å². The van der Waals surface area contributed by atoms with E-state index in [2.05, 4.69) is 0 Å². The lowest BCUT2D eigenvalue weighted by Gasteiger charge is -2.09. The van der Waals surface area contributed by atoms with Crippen molar-refractivity contribution in [2.24, 2.45) is 0 Å². The molecular weight excluding hydrogens is 266 g/mol. The Morgan fingerprint density at radius 1 is 0.952 bits per heavy atom. The van der Waals surface area contributed by atoms with Crippen LogP contribution in [0.3, 0.4) is 0 Å². The fourth-order valence-corrected chi connectivity index (χ4v) is 2.39. The third-order valence-electron chi connectivity index (χ3n) is 3.45. The first-order valence-electron chi connectivity index (χ1n) is 6.41. The zero-order valence-electron chi connectivity index (χ0n) is 11.1. The number of hydrogen-bond donors (Lipinski definition) is 3. The molecule has 3 aromatic carbocycles. The van der Waals surface area contributed by atoms with Gasteiger partial charge in [0.05, 0.1) is 0 Å². The van der Waals surface area contributed by atoms with Crippen molar-refractivity contribution in [3.8, 4) is 16.9 Å². The molecule has 4 nitrogen and oxygen atoms in total. The van der Waals surface area contributed by atoms with Crippen molar-refractivity contribution in [2.75, 3.05) is 5.73 Å². The van der Waals surface area contributed by atoms with Gasteiger partial charge in [-0.2, -0.15) is 0 Å². The fraction of sp³-hybridized carbons (Fsp3) is 0. The van der Waals surface area contributed by atoms with Crippen molar-refractivity contribution < 1.29 is 15.0 Å². The molecule has 0 fully saturated rings. The number of fused-ring (bicyclic) bond motifs is 1. The van der Waals surface area contributed by atoms with Crippen molar-refractivity contribution >= 4 is 22.4 Å². The molecule has 0 aromatic heterocycles.